The maximum absolute atomic E-state index is 10.6. The number of hydrogen-bond donors (Lipinski definition) is 3. The Hall–Kier alpha value is -3.16. The van der Waals surface area contributed by atoms with Crippen LogP contribution >= 0.6 is 0 Å². The highest BCUT2D eigenvalue weighted by Crippen LogP contribution is 2.37. The van der Waals surface area contributed by atoms with E-state index in [0.29, 0.717) is 6.10 Å². The summed E-state index contributed by atoms with van der Waals surface area (Å²) in [5.41, 5.74) is 3.00. The topological polar surface area (TPSA) is 131 Å². The van der Waals surface area contributed by atoms with Crippen LogP contribution in [0.2, 0.25) is 0 Å². The van der Waals surface area contributed by atoms with Gasteiger partial charge in [-0.2, -0.15) is 39.5 Å². The summed E-state index contributed by atoms with van der Waals surface area (Å²) in [6.07, 6.45) is -9.79. The minimum Gasteiger partial charge on any atom is -0.475 e. The number of hydrogen-bond acceptors (Lipinski definition) is 7. The zero-order valence-corrected chi connectivity index (χ0v) is 25.6. The molecule has 3 aliphatic heterocycles. The lowest BCUT2D eigenvalue weighted by Crippen LogP contribution is -2.51. The molecule has 2 atom stereocenters. The standard InChI is InChI=1S/C22H35N3O.3C2HF3O2/c1-19-6-3-4-7-20(19)16-25-11-10-22(18-25)9-5-8-21(26-22)17-24-14-12-23(2)13-15-24;3*3-2(4,5)1(6)7/h3-4,6-7,21H,5,8-18H2,1-2H3;3*(H,6,7)/t21-,22+;;;/m0.../s1. The van der Waals surface area contributed by atoms with Crippen LogP contribution in [0.5, 0.6) is 0 Å². The normalized spacial score (nSPS) is 22.6. The van der Waals surface area contributed by atoms with E-state index in [0.717, 1.165) is 19.6 Å². The summed E-state index contributed by atoms with van der Waals surface area (Å²) in [6.45, 7) is 11.5. The van der Waals surface area contributed by atoms with Crippen LogP contribution in [0.4, 0.5) is 39.5 Å². The molecule has 1 spiro atoms. The van der Waals surface area contributed by atoms with Crippen molar-refractivity contribution in [2.45, 2.75) is 69.4 Å². The van der Waals surface area contributed by atoms with Crippen LogP contribution in [0.3, 0.4) is 0 Å². The molecule has 3 aliphatic rings. The number of likely N-dealkylation sites (N-methyl/N-ethyl adjacent to an activating group) is 1. The molecule has 0 bridgehead atoms. The van der Waals surface area contributed by atoms with Crippen molar-refractivity contribution >= 4 is 17.9 Å². The average molecular weight is 700 g/mol. The number of aryl methyl sites for hydroxylation is 1. The van der Waals surface area contributed by atoms with E-state index in [4.69, 9.17) is 34.4 Å². The highest BCUT2D eigenvalue weighted by atomic mass is 19.4. The van der Waals surface area contributed by atoms with Gasteiger partial charge in [0.25, 0.3) is 0 Å². The maximum Gasteiger partial charge on any atom is 0.490 e. The van der Waals surface area contributed by atoms with Crippen molar-refractivity contribution in [1.82, 2.24) is 14.7 Å². The molecule has 1 aromatic rings. The molecule has 19 heteroatoms. The van der Waals surface area contributed by atoms with Gasteiger partial charge in [0.15, 0.2) is 0 Å². The quantitative estimate of drug-likeness (QED) is 0.382. The third-order valence-corrected chi connectivity index (χ3v) is 7.41. The summed E-state index contributed by atoms with van der Waals surface area (Å²) in [5, 5.41) is 21.4. The Bertz CT molecular complexity index is 1100. The number of alkyl halides is 9. The van der Waals surface area contributed by atoms with E-state index in [1.807, 2.05) is 0 Å². The first-order valence-corrected chi connectivity index (χ1v) is 14.2. The van der Waals surface area contributed by atoms with E-state index in [1.165, 1.54) is 69.5 Å². The number of rotatable bonds is 4. The van der Waals surface area contributed by atoms with E-state index in [-0.39, 0.29) is 5.60 Å². The van der Waals surface area contributed by atoms with Crippen molar-refractivity contribution < 1.29 is 74.0 Å². The van der Waals surface area contributed by atoms with E-state index >= 15 is 0 Å². The van der Waals surface area contributed by atoms with Gasteiger partial charge in [-0.25, -0.2) is 14.4 Å². The third-order valence-electron chi connectivity index (χ3n) is 7.41. The van der Waals surface area contributed by atoms with Crippen molar-refractivity contribution in [2.75, 3.05) is 52.9 Å². The van der Waals surface area contributed by atoms with E-state index < -0.39 is 36.4 Å². The Morgan fingerprint density at radius 1 is 0.787 bits per heavy atom. The number of nitrogens with zero attached hydrogens (tertiary/aromatic N) is 3. The lowest BCUT2D eigenvalue weighted by atomic mass is 9.90. The Labute approximate surface area is 264 Å². The molecule has 0 aliphatic carbocycles. The monoisotopic (exact) mass is 699 g/mol. The molecule has 4 rings (SSSR count). The van der Waals surface area contributed by atoms with Gasteiger partial charge in [0.2, 0.25) is 0 Å². The largest absolute Gasteiger partial charge is 0.490 e. The second kappa shape index (κ2) is 17.8. The molecule has 1 aromatic carbocycles. The molecule has 3 fully saturated rings. The summed E-state index contributed by atoms with van der Waals surface area (Å²) in [4.78, 5) is 34.3. The van der Waals surface area contributed by atoms with Gasteiger partial charge in [0, 0.05) is 52.4 Å². The van der Waals surface area contributed by atoms with E-state index in [9.17, 15) is 39.5 Å². The van der Waals surface area contributed by atoms with Crippen molar-refractivity contribution in [3.8, 4) is 0 Å². The molecular weight excluding hydrogens is 661 g/mol. The fourth-order valence-electron chi connectivity index (χ4n) is 4.96. The molecule has 3 N–H and O–H groups in total. The SMILES string of the molecule is Cc1ccccc1CN1CC[C@]2(CCC[C@@H](CN3CCN(C)CC3)O2)C1.O=C(O)C(F)(F)F.O=C(O)C(F)(F)F.O=C(O)C(F)(F)F. The van der Waals surface area contributed by atoms with Crippen LogP contribution in [0, 0.1) is 6.92 Å². The molecule has 0 radical (unpaired) electrons. The summed E-state index contributed by atoms with van der Waals surface area (Å²) >= 11 is 0. The zero-order chi connectivity index (χ0) is 36.2. The van der Waals surface area contributed by atoms with Crippen LogP contribution in [-0.2, 0) is 25.7 Å². The van der Waals surface area contributed by atoms with Gasteiger partial charge in [0.1, 0.15) is 0 Å². The van der Waals surface area contributed by atoms with E-state index in [1.54, 1.807) is 0 Å². The Kier molecular flexibility index (Phi) is 15.9. The molecule has 0 saturated carbocycles. The van der Waals surface area contributed by atoms with Gasteiger partial charge >= 0.3 is 36.4 Å². The molecule has 10 nitrogen and oxygen atoms in total. The van der Waals surface area contributed by atoms with E-state index in [2.05, 4.69) is 52.9 Å². The number of benzene rings is 1. The number of halogens is 9. The van der Waals surface area contributed by atoms with Crippen molar-refractivity contribution in [3.05, 3.63) is 35.4 Å². The molecule has 0 amide bonds. The summed E-state index contributed by atoms with van der Waals surface area (Å²) in [5.74, 6) is -8.27. The lowest BCUT2D eigenvalue weighted by Gasteiger charge is -2.42. The number of aliphatic carboxylic acids is 3. The van der Waals surface area contributed by atoms with Crippen LogP contribution < -0.4 is 0 Å². The molecule has 0 unspecified atom stereocenters. The van der Waals surface area contributed by atoms with Crippen LogP contribution in [0.1, 0.15) is 36.8 Å². The number of carboxylic acids is 3. The molecular formula is C28H38F9N3O7. The van der Waals surface area contributed by atoms with Gasteiger partial charge < -0.3 is 25.0 Å². The van der Waals surface area contributed by atoms with Crippen molar-refractivity contribution in [3.63, 3.8) is 0 Å². The smallest absolute Gasteiger partial charge is 0.475 e. The van der Waals surface area contributed by atoms with Gasteiger partial charge in [0.05, 0.1) is 11.7 Å². The molecule has 3 heterocycles. The fraction of sp³-hybridized carbons (Fsp3) is 0.679. The maximum atomic E-state index is 10.6. The minimum atomic E-state index is -5.08. The Morgan fingerprint density at radius 2 is 1.26 bits per heavy atom. The predicted octanol–water partition coefficient (Wildman–Crippen LogP) is 4.66. The minimum absolute atomic E-state index is 0.123. The number of piperazine rings is 1. The lowest BCUT2D eigenvalue weighted by molar-refractivity contribution is -0.193. The fourth-order valence-corrected chi connectivity index (χ4v) is 4.96. The zero-order valence-electron chi connectivity index (χ0n) is 25.6. The van der Waals surface area contributed by atoms with Gasteiger partial charge in [-0.05, 0) is 50.8 Å². The third kappa shape index (κ3) is 16.0. The van der Waals surface area contributed by atoms with Gasteiger partial charge in [-0.1, -0.05) is 24.3 Å². The molecule has 270 valence electrons. The average Bonchev–Trinajstić information content (AvgIpc) is 3.31. The Balaban J connectivity index is 0.000000430. The van der Waals surface area contributed by atoms with Crippen LogP contribution in [0.15, 0.2) is 24.3 Å². The second-order valence-corrected chi connectivity index (χ2v) is 11.2. The molecule has 0 aromatic heterocycles. The Morgan fingerprint density at radius 3 is 1.70 bits per heavy atom. The van der Waals surface area contributed by atoms with Gasteiger partial charge in [-0.3, -0.25) is 9.80 Å². The summed E-state index contributed by atoms with van der Waals surface area (Å²) in [6, 6.07) is 8.80. The first kappa shape index (κ1) is 41.9. The van der Waals surface area contributed by atoms with Crippen LogP contribution in [0.25, 0.3) is 0 Å². The number of carboxylic acid groups (broad SMARTS) is 3. The van der Waals surface area contributed by atoms with Gasteiger partial charge in [-0.15, -0.1) is 0 Å². The van der Waals surface area contributed by atoms with Crippen molar-refractivity contribution in [1.29, 1.82) is 0 Å². The number of likely N-dealkylation sites (tertiary alicyclic amines) is 1. The second-order valence-electron chi connectivity index (χ2n) is 11.2. The molecule has 47 heavy (non-hydrogen) atoms. The summed E-state index contributed by atoms with van der Waals surface area (Å²) < 4.78 is 102. The first-order chi connectivity index (χ1) is 21.4. The number of ether oxygens (including phenoxy) is 1. The predicted molar refractivity (Wildman–Crippen MR) is 148 cm³/mol. The van der Waals surface area contributed by atoms with Crippen molar-refractivity contribution in [2.24, 2.45) is 0 Å². The summed E-state index contributed by atoms with van der Waals surface area (Å²) in [7, 11) is 2.23. The highest BCUT2D eigenvalue weighted by Gasteiger charge is 2.43. The van der Waals surface area contributed by atoms with Crippen LogP contribution in [-0.4, -0.2) is 131 Å². The highest BCUT2D eigenvalue weighted by molar-refractivity contribution is 5.73. The first-order valence-electron chi connectivity index (χ1n) is 14.2. The molecule has 3 saturated heterocycles. The number of carbonyl (C=O) groups is 3.